The number of nitrogens with one attached hydrogen (secondary N) is 1. The van der Waals surface area contributed by atoms with E-state index in [1.54, 1.807) is 0 Å². The first-order valence-electron chi connectivity index (χ1n) is 7.69. The zero-order valence-corrected chi connectivity index (χ0v) is 15.1. The van der Waals surface area contributed by atoms with Crippen LogP contribution in [-0.2, 0) is 17.9 Å². The highest BCUT2D eigenvalue weighted by Crippen LogP contribution is 2.16. The zero-order chi connectivity index (χ0) is 18.4. The number of nitrogens with two attached hydrogens (primary N) is 1. The van der Waals surface area contributed by atoms with Gasteiger partial charge < -0.3 is 20.5 Å². The number of ether oxygens (including phenoxy) is 2. The number of rotatable bonds is 5. The van der Waals surface area contributed by atoms with Gasteiger partial charge in [0.2, 0.25) is 11.8 Å². The van der Waals surface area contributed by atoms with Crippen molar-refractivity contribution in [3.05, 3.63) is 46.6 Å². The molecule has 0 aliphatic carbocycles. The molecule has 134 valence electrons. The SMILES string of the molecule is CC(C)(C)OC(=O)NCc1ccc(COc2cc(Cl)nc(N)n2)cc1. The van der Waals surface area contributed by atoms with E-state index in [4.69, 9.17) is 26.8 Å². The van der Waals surface area contributed by atoms with Crippen LogP contribution >= 0.6 is 11.6 Å². The number of carbonyl (C=O) groups is 1. The predicted molar refractivity (Wildman–Crippen MR) is 95.3 cm³/mol. The van der Waals surface area contributed by atoms with Gasteiger partial charge in [-0.3, -0.25) is 0 Å². The molecule has 7 nitrogen and oxygen atoms in total. The largest absolute Gasteiger partial charge is 0.473 e. The number of carbonyl (C=O) groups excluding carboxylic acids is 1. The van der Waals surface area contributed by atoms with Crippen LogP contribution < -0.4 is 15.8 Å². The summed E-state index contributed by atoms with van der Waals surface area (Å²) in [6.45, 7) is 6.15. The van der Waals surface area contributed by atoms with Crippen LogP contribution in [0.4, 0.5) is 10.7 Å². The van der Waals surface area contributed by atoms with Crippen molar-refractivity contribution in [3.8, 4) is 5.88 Å². The van der Waals surface area contributed by atoms with Crippen LogP contribution in [0.2, 0.25) is 5.15 Å². The van der Waals surface area contributed by atoms with Gasteiger partial charge in [0.05, 0.1) is 0 Å². The third-order valence-corrected chi connectivity index (χ3v) is 3.13. The molecule has 1 aromatic carbocycles. The summed E-state index contributed by atoms with van der Waals surface area (Å²) in [5.74, 6) is 0.374. The van der Waals surface area contributed by atoms with E-state index in [-0.39, 0.29) is 11.1 Å². The van der Waals surface area contributed by atoms with E-state index < -0.39 is 11.7 Å². The first-order valence-corrected chi connectivity index (χ1v) is 8.06. The van der Waals surface area contributed by atoms with Crippen LogP contribution in [-0.4, -0.2) is 21.7 Å². The quantitative estimate of drug-likeness (QED) is 0.789. The third-order valence-electron chi connectivity index (χ3n) is 2.93. The van der Waals surface area contributed by atoms with Crippen molar-refractivity contribution in [2.24, 2.45) is 0 Å². The number of nitrogens with zero attached hydrogens (tertiary/aromatic N) is 2. The third kappa shape index (κ3) is 6.84. The Morgan fingerprint density at radius 3 is 2.44 bits per heavy atom. The van der Waals surface area contributed by atoms with Gasteiger partial charge in [-0.25, -0.2) is 9.78 Å². The van der Waals surface area contributed by atoms with E-state index >= 15 is 0 Å². The minimum atomic E-state index is -0.515. The highest BCUT2D eigenvalue weighted by atomic mass is 35.5. The molecule has 1 aromatic heterocycles. The zero-order valence-electron chi connectivity index (χ0n) is 14.4. The number of hydrogen-bond acceptors (Lipinski definition) is 6. The number of nitrogen functional groups attached to an aromatic ring is 1. The van der Waals surface area contributed by atoms with Gasteiger partial charge in [-0.15, -0.1) is 0 Å². The summed E-state index contributed by atoms with van der Waals surface area (Å²) >= 11 is 5.80. The van der Waals surface area contributed by atoms with Crippen LogP contribution in [0.5, 0.6) is 5.88 Å². The first kappa shape index (κ1) is 18.8. The number of halogens is 1. The van der Waals surface area contributed by atoms with Crippen LogP contribution in [0.3, 0.4) is 0 Å². The lowest BCUT2D eigenvalue weighted by Gasteiger charge is -2.19. The lowest BCUT2D eigenvalue weighted by Crippen LogP contribution is -2.32. The second kappa shape index (κ2) is 8.02. The van der Waals surface area contributed by atoms with Gasteiger partial charge in [0.25, 0.3) is 0 Å². The summed E-state index contributed by atoms with van der Waals surface area (Å²) in [6.07, 6.45) is -0.446. The molecule has 1 heterocycles. The molecule has 0 aliphatic rings. The summed E-state index contributed by atoms with van der Waals surface area (Å²) in [6, 6.07) is 9.10. The molecule has 3 N–H and O–H groups in total. The Morgan fingerprint density at radius 1 is 1.20 bits per heavy atom. The van der Waals surface area contributed by atoms with Crippen molar-refractivity contribution in [3.63, 3.8) is 0 Å². The molecule has 0 bridgehead atoms. The maximum absolute atomic E-state index is 11.6. The molecule has 0 saturated carbocycles. The number of anilines is 1. The number of benzene rings is 1. The fourth-order valence-corrected chi connectivity index (χ4v) is 2.07. The molecule has 1 amide bonds. The van der Waals surface area contributed by atoms with Gasteiger partial charge in [0, 0.05) is 12.6 Å². The summed E-state index contributed by atoms with van der Waals surface area (Å²) in [4.78, 5) is 19.3. The van der Waals surface area contributed by atoms with Crippen LogP contribution in [0.15, 0.2) is 30.3 Å². The fourth-order valence-electron chi connectivity index (χ4n) is 1.89. The molecule has 0 atom stereocenters. The average Bonchev–Trinajstić information content (AvgIpc) is 2.49. The van der Waals surface area contributed by atoms with Crippen molar-refractivity contribution in [1.29, 1.82) is 0 Å². The van der Waals surface area contributed by atoms with Crippen molar-refractivity contribution in [2.45, 2.75) is 39.5 Å². The second-order valence-corrected chi connectivity index (χ2v) is 6.73. The summed E-state index contributed by atoms with van der Waals surface area (Å²) in [5.41, 5.74) is 6.88. The Morgan fingerprint density at radius 2 is 1.84 bits per heavy atom. The standard InChI is InChI=1S/C17H21ClN4O3/c1-17(2,3)25-16(23)20-9-11-4-6-12(7-5-11)10-24-14-8-13(18)21-15(19)22-14/h4-8H,9-10H2,1-3H3,(H,20,23)(H2,19,21,22). The molecule has 2 rings (SSSR count). The molecule has 0 fully saturated rings. The average molecular weight is 365 g/mol. The highest BCUT2D eigenvalue weighted by Gasteiger charge is 2.15. The van der Waals surface area contributed by atoms with Crippen LogP contribution in [0.25, 0.3) is 0 Å². The minimum Gasteiger partial charge on any atom is -0.473 e. The van der Waals surface area contributed by atoms with Crippen molar-refractivity contribution < 1.29 is 14.3 Å². The highest BCUT2D eigenvalue weighted by molar-refractivity contribution is 6.29. The van der Waals surface area contributed by atoms with Gasteiger partial charge in [-0.2, -0.15) is 4.98 Å². The Kier molecular flexibility index (Phi) is 6.03. The van der Waals surface area contributed by atoms with Crippen LogP contribution in [0.1, 0.15) is 31.9 Å². The van der Waals surface area contributed by atoms with Crippen molar-refractivity contribution in [2.75, 3.05) is 5.73 Å². The minimum absolute atomic E-state index is 0.0612. The predicted octanol–water partition coefficient (Wildman–Crippen LogP) is 3.32. The van der Waals surface area contributed by atoms with E-state index in [9.17, 15) is 4.79 Å². The van der Waals surface area contributed by atoms with E-state index in [0.717, 1.165) is 11.1 Å². The van der Waals surface area contributed by atoms with E-state index in [1.807, 2.05) is 45.0 Å². The Labute approximate surface area is 151 Å². The van der Waals surface area contributed by atoms with Gasteiger partial charge in [-0.05, 0) is 31.9 Å². The topological polar surface area (TPSA) is 99.4 Å². The number of alkyl carbamates (subject to hydrolysis) is 1. The Balaban J connectivity index is 1.84. The molecule has 8 heteroatoms. The molecule has 2 aromatic rings. The van der Waals surface area contributed by atoms with Gasteiger partial charge in [0.15, 0.2) is 0 Å². The van der Waals surface area contributed by atoms with Gasteiger partial charge in [-0.1, -0.05) is 35.9 Å². The molecule has 0 unspecified atom stereocenters. The van der Waals surface area contributed by atoms with Crippen molar-refractivity contribution >= 4 is 23.6 Å². The summed E-state index contributed by atoms with van der Waals surface area (Å²) in [7, 11) is 0. The monoisotopic (exact) mass is 364 g/mol. The van der Waals surface area contributed by atoms with E-state index in [1.165, 1.54) is 6.07 Å². The lowest BCUT2D eigenvalue weighted by atomic mass is 10.1. The molecule has 0 radical (unpaired) electrons. The summed E-state index contributed by atoms with van der Waals surface area (Å²) in [5, 5.41) is 2.94. The fraction of sp³-hybridized carbons (Fsp3) is 0.353. The molecule has 0 aliphatic heterocycles. The Hall–Kier alpha value is -2.54. The molecular formula is C17H21ClN4O3. The molecule has 0 spiro atoms. The molecular weight excluding hydrogens is 344 g/mol. The van der Waals surface area contributed by atoms with E-state index in [0.29, 0.717) is 19.0 Å². The molecule has 25 heavy (non-hydrogen) atoms. The Bertz CT molecular complexity index is 709. The van der Waals surface area contributed by atoms with Gasteiger partial charge in [0.1, 0.15) is 17.4 Å². The lowest BCUT2D eigenvalue weighted by molar-refractivity contribution is 0.0523. The van der Waals surface area contributed by atoms with Crippen LogP contribution in [0, 0.1) is 0 Å². The number of aromatic nitrogens is 2. The van der Waals surface area contributed by atoms with E-state index in [2.05, 4.69) is 15.3 Å². The first-order chi connectivity index (χ1) is 11.7. The normalized spacial score (nSPS) is 11.0. The van der Waals surface area contributed by atoms with Crippen molar-refractivity contribution in [1.82, 2.24) is 15.3 Å². The maximum atomic E-state index is 11.6. The maximum Gasteiger partial charge on any atom is 0.407 e. The number of hydrogen-bond donors (Lipinski definition) is 2. The number of amides is 1. The van der Waals surface area contributed by atoms with Gasteiger partial charge >= 0.3 is 6.09 Å². The summed E-state index contributed by atoms with van der Waals surface area (Å²) < 4.78 is 10.7. The molecule has 0 saturated heterocycles. The second-order valence-electron chi connectivity index (χ2n) is 6.35. The smallest absolute Gasteiger partial charge is 0.407 e.